The number of hydrogen-bond donors (Lipinski definition) is 1. The quantitative estimate of drug-likeness (QED) is 0.925. The van der Waals surface area contributed by atoms with Gasteiger partial charge in [-0.2, -0.15) is 0 Å². The molecule has 0 unspecified atom stereocenters. The highest BCUT2D eigenvalue weighted by Crippen LogP contribution is 2.30. The highest BCUT2D eigenvalue weighted by Gasteiger charge is 2.26. The first kappa shape index (κ1) is 15.5. The van der Waals surface area contributed by atoms with Crippen molar-refractivity contribution in [3.05, 3.63) is 16.1 Å². The van der Waals surface area contributed by atoms with E-state index in [1.54, 1.807) is 18.3 Å². The van der Waals surface area contributed by atoms with E-state index >= 15 is 0 Å². The highest BCUT2D eigenvalue weighted by atomic mass is 32.1. The molecule has 0 bridgehead atoms. The molecular formula is C16H23N3O2S. The zero-order valence-corrected chi connectivity index (χ0v) is 13.8. The minimum absolute atomic E-state index is 0.164. The van der Waals surface area contributed by atoms with E-state index in [9.17, 15) is 9.59 Å². The van der Waals surface area contributed by atoms with Crippen LogP contribution in [0.1, 0.15) is 55.6 Å². The number of aromatic nitrogens is 1. The normalized spacial score (nSPS) is 19.8. The molecular weight excluding hydrogens is 298 g/mol. The summed E-state index contributed by atoms with van der Waals surface area (Å²) in [7, 11) is 0. The summed E-state index contributed by atoms with van der Waals surface area (Å²) >= 11 is 1.68. The Morgan fingerprint density at radius 3 is 2.64 bits per heavy atom. The van der Waals surface area contributed by atoms with Crippen LogP contribution >= 0.6 is 11.3 Å². The molecule has 6 heteroatoms. The van der Waals surface area contributed by atoms with Gasteiger partial charge in [0.2, 0.25) is 11.8 Å². The molecule has 1 N–H and O–H groups in total. The molecule has 2 heterocycles. The van der Waals surface area contributed by atoms with E-state index in [0.717, 1.165) is 49.5 Å². The van der Waals surface area contributed by atoms with Gasteiger partial charge in [0.1, 0.15) is 0 Å². The number of piperidine rings is 1. The van der Waals surface area contributed by atoms with Crippen molar-refractivity contribution >= 4 is 23.2 Å². The van der Waals surface area contributed by atoms with Crippen LogP contribution in [0.5, 0.6) is 0 Å². The summed E-state index contributed by atoms with van der Waals surface area (Å²) in [4.78, 5) is 29.8. The van der Waals surface area contributed by atoms with Gasteiger partial charge in [-0.05, 0) is 25.7 Å². The van der Waals surface area contributed by atoms with E-state index in [4.69, 9.17) is 0 Å². The Hall–Kier alpha value is -1.43. The van der Waals surface area contributed by atoms with Crippen LogP contribution in [0.3, 0.4) is 0 Å². The number of hydrogen-bond acceptors (Lipinski definition) is 4. The lowest BCUT2D eigenvalue weighted by Gasteiger charge is -2.30. The van der Waals surface area contributed by atoms with Crippen molar-refractivity contribution in [1.82, 2.24) is 15.2 Å². The molecule has 1 saturated carbocycles. The molecule has 5 nitrogen and oxygen atoms in total. The predicted molar refractivity (Wildman–Crippen MR) is 85.5 cm³/mol. The smallest absolute Gasteiger partial charge is 0.223 e. The molecule has 22 heavy (non-hydrogen) atoms. The Morgan fingerprint density at radius 2 is 2.05 bits per heavy atom. The third-order valence-corrected chi connectivity index (χ3v) is 5.83. The molecule has 0 spiro atoms. The van der Waals surface area contributed by atoms with Gasteiger partial charge in [-0.15, -0.1) is 11.3 Å². The summed E-state index contributed by atoms with van der Waals surface area (Å²) in [5.41, 5.74) is 0.960. The summed E-state index contributed by atoms with van der Waals surface area (Å²) in [6, 6.07) is 0. The molecule has 3 rings (SSSR count). The van der Waals surface area contributed by atoms with Crippen LogP contribution in [-0.2, 0) is 16.1 Å². The standard InChI is InChI=1S/C16H23N3O2S/c1-11(20)19-7-5-13(6-8-19)16-18-14(10-22-16)9-17-15(21)12-3-2-4-12/h10,12-13H,2-9H2,1H3,(H,17,21). The van der Waals surface area contributed by atoms with E-state index in [2.05, 4.69) is 10.3 Å². The first-order chi connectivity index (χ1) is 10.6. The van der Waals surface area contributed by atoms with Gasteiger partial charge in [0.15, 0.2) is 0 Å². The molecule has 120 valence electrons. The van der Waals surface area contributed by atoms with Gasteiger partial charge < -0.3 is 10.2 Å². The third-order valence-electron chi connectivity index (χ3n) is 4.78. The number of nitrogens with one attached hydrogen (secondary N) is 1. The number of nitrogens with zero attached hydrogens (tertiary/aromatic N) is 2. The molecule has 1 aliphatic carbocycles. The molecule has 1 aromatic heterocycles. The van der Waals surface area contributed by atoms with Crippen molar-refractivity contribution in [3.63, 3.8) is 0 Å². The van der Waals surface area contributed by atoms with E-state index in [0.29, 0.717) is 12.5 Å². The molecule has 2 fully saturated rings. The fraction of sp³-hybridized carbons (Fsp3) is 0.688. The zero-order chi connectivity index (χ0) is 15.5. The van der Waals surface area contributed by atoms with E-state index < -0.39 is 0 Å². The van der Waals surface area contributed by atoms with E-state index in [1.165, 1.54) is 6.42 Å². The van der Waals surface area contributed by atoms with Gasteiger partial charge in [-0.3, -0.25) is 9.59 Å². The van der Waals surface area contributed by atoms with E-state index in [1.807, 2.05) is 10.3 Å². The second-order valence-corrected chi connectivity index (χ2v) is 7.19. The number of likely N-dealkylation sites (tertiary alicyclic amines) is 1. The number of rotatable bonds is 4. The van der Waals surface area contributed by atoms with Gasteiger partial charge >= 0.3 is 0 Å². The lowest BCUT2D eigenvalue weighted by Crippen LogP contribution is -2.36. The van der Waals surface area contributed by atoms with Crippen molar-refractivity contribution in [1.29, 1.82) is 0 Å². The lowest BCUT2D eigenvalue weighted by molar-refractivity contribution is -0.130. The molecule has 2 amide bonds. The average Bonchev–Trinajstić information content (AvgIpc) is 2.92. The molecule has 0 atom stereocenters. The Morgan fingerprint density at radius 1 is 1.32 bits per heavy atom. The molecule has 1 aliphatic heterocycles. The number of thiazole rings is 1. The molecule has 0 radical (unpaired) electrons. The van der Waals surface area contributed by atoms with Crippen LogP contribution in [0.25, 0.3) is 0 Å². The summed E-state index contributed by atoms with van der Waals surface area (Å²) < 4.78 is 0. The van der Waals surface area contributed by atoms with Crippen molar-refractivity contribution in [3.8, 4) is 0 Å². The summed E-state index contributed by atoms with van der Waals surface area (Å²) in [6.07, 6.45) is 5.21. The molecule has 2 aliphatic rings. The van der Waals surface area contributed by atoms with Crippen molar-refractivity contribution in [2.75, 3.05) is 13.1 Å². The van der Waals surface area contributed by atoms with Crippen LogP contribution in [0.15, 0.2) is 5.38 Å². The number of carbonyl (C=O) groups is 2. The van der Waals surface area contributed by atoms with Crippen molar-refractivity contribution in [2.24, 2.45) is 5.92 Å². The van der Waals surface area contributed by atoms with Gasteiger partial charge in [0.25, 0.3) is 0 Å². The molecule has 1 saturated heterocycles. The van der Waals surface area contributed by atoms with Crippen LogP contribution in [0.2, 0.25) is 0 Å². The first-order valence-electron chi connectivity index (χ1n) is 8.11. The summed E-state index contributed by atoms with van der Waals surface area (Å²) in [5.74, 6) is 1.03. The molecule has 0 aromatic carbocycles. The minimum atomic E-state index is 0.164. The van der Waals surface area contributed by atoms with Crippen LogP contribution in [0, 0.1) is 5.92 Å². The Labute approximate surface area is 135 Å². The zero-order valence-electron chi connectivity index (χ0n) is 13.0. The Bertz CT molecular complexity index is 545. The third kappa shape index (κ3) is 3.48. The Kier molecular flexibility index (Phi) is 4.76. The van der Waals surface area contributed by atoms with Crippen LogP contribution in [0.4, 0.5) is 0 Å². The fourth-order valence-electron chi connectivity index (χ4n) is 3.03. The molecule has 1 aromatic rings. The SMILES string of the molecule is CC(=O)N1CCC(c2nc(CNC(=O)C3CCC3)cs2)CC1. The van der Waals surface area contributed by atoms with Gasteiger partial charge in [-0.25, -0.2) is 4.98 Å². The average molecular weight is 321 g/mol. The van der Waals surface area contributed by atoms with Gasteiger partial charge in [0.05, 0.1) is 17.2 Å². The second kappa shape index (κ2) is 6.77. The summed E-state index contributed by atoms with van der Waals surface area (Å²) in [6.45, 7) is 3.82. The Balaban J connectivity index is 1.49. The van der Waals surface area contributed by atoms with Gasteiger partial charge in [-0.1, -0.05) is 6.42 Å². The topological polar surface area (TPSA) is 62.3 Å². The van der Waals surface area contributed by atoms with Gasteiger partial charge in [0, 0.05) is 37.2 Å². The van der Waals surface area contributed by atoms with Crippen molar-refractivity contribution in [2.45, 2.75) is 51.5 Å². The van der Waals surface area contributed by atoms with Crippen LogP contribution < -0.4 is 5.32 Å². The summed E-state index contributed by atoms with van der Waals surface area (Å²) in [5, 5.41) is 6.19. The number of carbonyl (C=O) groups excluding carboxylic acids is 2. The second-order valence-electron chi connectivity index (χ2n) is 6.30. The minimum Gasteiger partial charge on any atom is -0.350 e. The largest absolute Gasteiger partial charge is 0.350 e. The maximum atomic E-state index is 11.8. The van der Waals surface area contributed by atoms with Crippen molar-refractivity contribution < 1.29 is 9.59 Å². The first-order valence-corrected chi connectivity index (χ1v) is 8.99. The maximum Gasteiger partial charge on any atom is 0.223 e. The maximum absolute atomic E-state index is 11.8. The monoisotopic (exact) mass is 321 g/mol. The highest BCUT2D eigenvalue weighted by molar-refractivity contribution is 7.09. The predicted octanol–water partition coefficient (Wildman–Crippen LogP) is 2.29. The van der Waals surface area contributed by atoms with E-state index in [-0.39, 0.29) is 17.7 Å². The van der Waals surface area contributed by atoms with Crippen LogP contribution in [-0.4, -0.2) is 34.8 Å². The lowest BCUT2D eigenvalue weighted by atomic mass is 9.85. The fourth-order valence-corrected chi connectivity index (χ4v) is 4.02. The number of amides is 2.